The molecular weight excluding hydrogens is 342 g/mol. The van der Waals surface area contributed by atoms with Gasteiger partial charge in [0.1, 0.15) is 4.83 Å². The Morgan fingerprint density at radius 3 is 2.76 bits per heavy atom. The van der Waals surface area contributed by atoms with Crippen molar-refractivity contribution in [2.75, 3.05) is 6.61 Å². The van der Waals surface area contributed by atoms with Gasteiger partial charge in [-0.3, -0.25) is 9.59 Å². The lowest BCUT2D eigenvalue weighted by atomic mass is 10.2. The zero-order chi connectivity index (χ0) is 17.8. The molecule has 0 aliphatic carbocycles. The van der Waals surface area contributed by atoms with Crippen molar-refractivity contribution in [3.05, 3.63) is 63.0 Å². The fourth-order valence-corrected chi connectivity index (χ4v) is 3.20. The number of nitrogens with zero attached hydrogens (tertiary/aromatic N) is 1. The van der Waals surface area contributed by atoms with Crippen LogP contribution in [0.3, 0.4) is 0 Å². The standard InChI is InChI=1S/C17H15N3O4S/c1-2-24-17(23)13-19-15(22)12-11(9-25-16(12)20-13)14(21)18-8-10-6-4-3-5-7-10/h3-7,9H,2,8H2,1H3,(H,18,21)(H,19,20,22). The Kier molecular flexibility index (Phi) is 4.90. The normalized spacial score (nSPS) is 10.6. The highest BCUT2D eigenvalue weighted by molar-refractivity contribution is 7.17. The smallest absolute Gasteiger partial charge is 0.374 e. The molecule has 0 radical (unpaired) electrons. The van der Waals surface area contributed by atoms with E-state index in [0.29, 0.717) is 11.4 Å². The largest absolute Gasteiger partial charge is 0.460 e. The van der Waals surface area contributed by atoms with Gasteiger partial charge in [-0.25, -0.2) is 9.78 Å². The molecule has 128 valence electrons. The van der Waals surface area contributed by atoms with E-state index in [1.54, 1.807) is 12.3 Å². The third-order valence-corrected chi connectivity index (χ3v) is 4.33. The van der Waals surface area contributed by atoms with Gasteiger partial charge in [-0.1, -0.05) is 30.3 Å². The number of aromatic nitrogens is 2. The number of amides is 1. The molecule has 3 aromatic rings. The molecule has 2 N–H and O–H groups in total. The Morgan fingerprint density at radius 2 is 2.04 bits per heavy atom. The summed E-state index contributed by atoms with van der Waals surface area (Å²) in [6.07, 6.45) is 0. The van der Waals surface area contributed by atoms with E-state index in [2.05, 4.69) is 15.3 Å². The quantitative estimate of drug-likeness (QED) is 0.681. The number of ether oxygens (including phenoxy) is 1. The highest BCUT2D eigenvalue weighted by Crippen LogP contribution is 2.21. The van der Waals surface area contributed by atoms with Crippen LogP contribution in [0.2, 0.25) is 0 Å². The van der Waals surface area contributed by atoms with Gasteiger partial charge < -0.3 is 15.0 Å². The molecule has 0 bridgehead atoms. The third-order valence-electron chi connectivity index (χ3n) is 3.45. The summed E-state index contributed by atoms with van der Waals surface area (Å²) in [4.78, 5) is 43.2. The van der Waals surface area contributed by atoms with Gasteiger partial charge in [0.15, 0.2) is 0 Å². The molecule has 7 nitrogen and oxygen atoms in total. The molecule has 0 aliphatic heterocycles. The molecular formula is C17H15N3O4S. The van der Waals surface area contributed by atoms with Crippen molar-refractivity contribution in [3.63, 3.8) is 0 Å². The maximum atomic E-state index is 12.4. The van der Waals surface area contributed by atoms with Gasteiger partial charge in [0.25, 0.3) is 11.5 Å². The fraction of sp³-hybridized carbons (Fsp3) is 0.176. The molecule has 8 heteroatoms. The molecule has 0 saturated heterocycles. The minimum Gasteiger partial charge on any atom is -0.460 e. The van der Waals surface area contributed by atoms with E-state index in [1.807, 2.05) is 30.3 Å². The second kappa shape index (κ2) is 7.27. The van der Waals surface area contributed by atoms with Gasteiger partial charge in [0, 0.05) is 11.9 Å². The predicted molar refractivity (Wildman–Crippen MR) is 93.8 cm³/mol. The summed E-state index contributed by atoms with van der Waals surface area (Å²) in [5.41, 5.74) is 0.645. The maximum Gasteiger partial charge on any atom is 0.374 e. The molecule has 25 heavy (non-hydrogen) atoms. The first kappa shape index (κ1) is 16.8. The number of rotatable bonds is 5. The van der Waals surface area contributed by atoms with E-state index < -0.39 is 11.5 Å². The van der Waals surface area contributed by atoms with Crippen LogP contribution in [0.25, 0.3) is 10.2 Å². The molecule has 1 amide bonds. The van der Waals surface area contributed by atoms with Crippen molar-refractivity contribution >= 4 is 33.4 Å². The molecule has 0 unspecified atom stereocenters. The van der Waals surface area contributed by atoms with Crippen LogP contribution in [0.15, 0.2) is 40.5 Å². The highest BCUT2D eigenvalue weighted by Gasteiger charge is 2.19. The van der Waals surface area contributed by atoms with Crippen LogP contribution in [0, 0.1) is 0 Å². The molecule has 1 aromatic carbocycles. The summed E-state index contributed by atoms with van der Waals surface area (Å²) < 4.78 is 4.83. The summed E-state index contributed by atoms with van der Waals surface area (Å²) in [6.45, 7) is 2.19. The number of esters is 1. The Balaban J connectivity index is 1.86. The number of aromatic amines is 1. The van der Waals surface area contributed by atoms with Crippen LogP contribution in [0.5, 0.6) is 0 Å². The number of hydrogen-bond acceptors (Lipinski definition) is 6. The second-order valence-corrected chi connectivity index (χ2v) is 5.99. The van der Waals surface area contributed by atoms with Crippen molar-refractivity contribution in [2.45, 2.75) is 13.5 Å². The van der Waals surface area contributed by atoms with Crippen molar-refractivity contribution in [1.29, 1.82) is 0 Å². The molecule has 0 aliphatic rings. The Hall–Kier alpha value is -3.00. The first-order valence-electron chi connectivity index (χ1n) is 7.61. The number of thiophene rings is 1. The number of benzene rings is 1. The summed E-state index contributed by atoms with van der Waals surface area (Å²) in [7, 11) is 0. The average Bonchev–Trinajstić information content (AvgIpc) is 3.05. The fourth-order valence-electron chi connectivity index (χ4n) is 2.29. The van der Waals surface area contributed by atoms with Gasteiger partial charge in [-0.05, 0) is 12.5 Å². The van der Waals surface area contributed by atoms with E-state index in [-0.39, 0.29) is 29.3 Å². The first-order chi connectivity index (χ1) is 12.1. The lowest BCUT2D eigenvalue weighted by molar-refractivity contribution is 0.0512. The van der Waals surface area contributed by atoms with Gasteiger partial charge in [0.2, 0.25) is 5.82 Å². The van der Waals surface area contributed by atoms with Crippen molar-refractivity contribution < 1.29 is 14.3 Å². The van der Waals surface area contributed by atoms with Crippen LogP contribution in [-0.4, -0.2) is 28.5 Å². The van der Waals surface area contributed by atoms with Crippen molar-refractivity contribution in [1.82, 2.24) is 15.3 Å². The van der Waals surface area contributed by atoms with Crippen LogP contribution in [0.4, 0.5) is 0 Å². The molecule has 3 rings (SSSR count). The van der Waals surface area contributed by atoms with Gasteiger partial charge in [-0.15, -0.1) is 11.3 Å². The number of carbonyl (C=O) groups is 2. The third kappa shape index (κ3) is 3.58. The lowest BCUT2D eigenvalue weighted by Gasteiger charge is -2.04. The Bertz CT molecular complexity index is 978. The molecule has 0 saturated carbocycles. The van der Waals surface area contributed by atoms with E-state index in [4.69, 9.17) is 4.74 Å². The highest BCUT2D eigenvalue weighted by atomic mass is 32.1. The van der Waals surface area contributed by atoms with Gasteiger partial charge in [-0.2, -0.15) is 0 Å². The summed E-state index contributed by atoms with van der Waals surface area (Å²) >= 11 is 1.13. The van der Waals surface area contributed by atoms with Gasteiger partial charge in [0.05, 0.1) is 17.6 Å². The number of carbonyl (C=O) groups excluding carboxylic acids is 2. The zero-order valence-corrected chi connectivity index (χ0v) is 14.2. The zero-order valence-electron chi connectivity index (χ0n) is 13.4. The van der Waals surface area contributed by atoms with Crippen LogP contribution >= 0.6 is 11.3 Å². The molecule has 2 heterocycles. The monoisotopic (exact) mass is 357 g/mol. The van der Waals surface area contributed by atoms with Crippen LogP contribution in [0.1, 0.15) is 33.5 Å². The van der Waals surface area contributed by atoms with E-state index in [0.717, 1.165) is 16.9 Å². The minimum absolute atomic E-state index is 0.169. The average molecular weight is 357 g/mol. The summed E-state index contributed by atoms with van der Waals surface area (Å²) in [6, 6.07) is 9.45. The van der Waals surface area contributed by atoms with E-state index in [9.17, 15) is 14.4 Å². The SMILES string of the molecule is CCOC(=O)c1nc2scc(C(=O)NCc3ccccc3)c2c(=O)[nH]1. The Morgan fingerprint density at radius 1 is 1.28 bits per heavy atom. The molecule has 0 atom stereocenters. The van der Waals surface area contributed by atoms with E-state index >= 15 is 0 Å². The number of nitrogens with one attached hydrogen (secondary N) is 2. The Labute approximate surface area is 146 Å². The predicted octanol–water partition coefficient (Wildman–Crippen LogP) is 2.09. The lowest BCUT2D eigenvalue weighted by Crippen LogP contribution is -2.24. The topological polar surface area (TPSA) is 101 Å². The maximum absolute atomic E-state index is 12.4. The van der Waals surface area contributed by atoms with Crippen LogP contribution < -0.4 is 10.9 Å². The first-order valence-corrected chi connectivity index (χ1v) is 8.49. The molecule has 0 spiro atoms. The number of fused-ring (bicyclic) bond motifs is 1. The van der Waals surface area contributed by atoms with Gasteiger partial charge >= 0.3 is 5.97 Å². The molecule has 2 aromatic heterocycles. The number of H-pyrrole nitrogens is 1. The van der Waals surface area contributed by atoms with Crippen molar-refractivity contribution in [2.24, 2.45) is 0 Å². The van der Waals surface area contributed by atoms with E-state index in [1.165, 1.54) is 0 Å². The second-order valence-electron chi connectivity index (χ2n) is 5.13. The summed E-state index contributed by atoms with van der Waals surface area (Å²) in [5, 5.41) is 4.50. The minimum atomic E-state index is -0.704. The van der Waals surface area contributed by atoms with Crippen LogP contribution in [-0.2, 0) is 11.3 Å². The summed E-state index contributed by atoms with van der Waals surface area (Å²) in [5.74, 6) is -1.24. The number of hydrogen-bond donors (Lipinski definition) is 2. The molecule has 0 fully saturated rings. The van der Waals surface area contributed by atoms with Crippen molar-refractivity contribution in [3.8, 4) is 0 Å².